The van der Waals surface area contributed by atoms with Gasteiger partial charge in [0.15, 0.2) is 0 Å². The number of methoxy groups -OCH3 is 1. The first kappa shape index (κ1) is 11.9. The molecule has 1 saturated heterocycles. The zero-order chi connectivity index (χ0) is 12.4. The number of halogens is 1. The lowest BCUT2D eigenvalue weighted by Crippen LogP contribution is -2.49. The molecule has 1 aromatic carbocycles. The Morgan fingerprint density at radius 1 is 1.41 bits per heavy atom. The van der Waals surface area contributed by atoms with Crippen LogP contribution in [0.2, 0.25) is 0 Å². The molecule has 0 atom stereocenters. The summed E-state index contributed by atoms with van der Waals surface area (Å²) in [6, 6.07) is 4.95. The lowest BCUT2D eigenvalue weighted by molar-refractivity contribution is -0.120. The molecular formula is C11H11BrN2O3. The third-order valence-corrected chi connectivity index (χ3v) is 3.16. The number of ether oxygens (including phenoxy) is 1. The summed E-state index contributed by atoms with van der Waals surface area (Å²) < 4.78 is 5.98. The van der Waals surface area contributed by atoms with Crippen molar-refractivity contribution in [3.63, 3.8) is 0 Å². The number of imide groups is 1. The molecule has 1 aliphatic rings. The number of carbonyl (C=O) groups excluding carboxylic acids is 2. The van der Waals surface area contributed by atoms with Gasteiger partial charge in [-0.2, -0.15) is 0 Å². The fraction of sp³-hybridized carbons (Fsp3) is 0.273. The summed E-state index contributed by atoms with van der Waals surface area (Å²) in [5, 5.41) is 2.28. The van der Waals surface area contributed by atoms with Gasteiger partial charge in [-0.05, 0) is 28.1 Å². The molecule has 1 heterocycles. The zero-order valence-corrected chi connectivity index (χ0v) is 10.8. The van der Waals surface area contributed by atoms with Crippen molar-refractivity contribution in [2.24, 2.45) is 0 Å². The van der Waals surface area contributed by atoms with Crippen LogP contribution >= 0.6 is 15.9 Å². The number of nitrogens with zero attached hydrogens (tertiary/aromatic N) is 1. The third-order valence-electron chi connectivity index (χ3n) is 2.50. The van der Waals surface area contributed by atoms with Gasteiger partial charge in [-0.15, -0.1) is 0 Å². The maximum absolute atomic E-state index is 11.6. The molecule has 1 fully saturated rings. The van der Waals surface area contributed by atoms with Gasteiger partial charge in [0.05, 0.1) is 11.6 Å². The Kier molecular flexibility index (Phi) is 3.33. The summed E-state index contributed by atoms with van der Waals surface area (Å²) in [5.74, 6) is 0.405. The number of amides is 3. The van der Waals surface area contributed by atoms with Gasteiger partial charge in [0, 0.05) is 24.7 Å². The molecule has 0 aliphatic carbocycles. The second-order valence-electron chi connectivity index (χ2n) is 3.57. The fourth-order valence-electron chi connectivity index (χ4n) is 1.63. The Balaban J connectivity index is 2.28. The van der Waals surface area contributed by atoms with E-state index in [4.69, 9.17) is 4.74 Å². The van der Waals surface area contributed by atoms with Crippen LogP contribution in [-0.2, 0) is 4.79 Å². The monoisotopic (exact) mass is 298 g/mol. The number of hydrogen-bond donors (Lipinski definition) is 1. The maximum Gasteiger partial charge on any atom is 0.328 e. The van der Waals surface area contributed by atoms with E-state index in [1.165, 1.54) is 4.90 Å². The van der Waals surface area contributed by atoms with Crippen molar-refractivity contribution >= 4 is 33.6 Å². The number of benzene rings is 1. The predicted octanol–water partition coefficient (Wildman–Crippen LogP) is 1.90. The Hall–Kier alpha value is -1.56. The van der Waals surface area contributed by atoms with Crippen molar-refractivity contribution in [3.05, 3.63) is 22.7 Å². The summed E-state index contributed by atoms with van der Waals surface area (Å²) in [5.41, 5.74) is 0.704. The van der Waals surface area contributed by atoms with Gasteiger partial charge in [-0.25, -0.2) is 4.79 Å². The first-order valence-electron chi connectivity index (χ1n) is 5.06. The van der Waals surface area contributed by atoms with Gasteiger partial charge in [0.1, 0.15) is 5.75 Å². The van der Waals surface area contributed by atoms with E-state index in [1.807, 2.05) is 0 Å². The van der Waals surface area contributed by atoms with Gasteiger partial charge < -0.3 is 4.74 Å². The summed E-state index contributed by atoms with van der Waals surface area (Å²) in [4.78, 5) is 24.2. The first-order valence-corrected chi connectivity index (χ1v) is 5.86. The Morgan fingerprint density at radius 3 is 2.82 bits per heavy atom. The summed E-state index contributed by atoms with van der Waals surface area (Å²) in [6.45, 7) is 0.384. The Morgan fingerprint density at radius 2 is 2.18 bits per heavy atom. The maximum atomic E-state index is 11.6. The highest BCUT2D eigenvalue weighted by molar-refractivity contribution is 9.10. The van der Waals surface area contributed by atoms with E-state index in [2.05, 4.69) is 21.2 Å². The molecule has 0 radical (unpaired) electrons. The molecule has 1 aromatic rings. The van der Waals surface area contributed by atoms with Crippen LogP contribution in [0.3, 0.4) is 0 Å². The molecule has 5 nitrogen and oxygen atoms in total. The Labute approximate surface area is 107 Å². The Bertz CT molecular complexity index is 476. The van der Waals surface area contributed by atoms with Gasteiger partial charge in [-0.1, -0.05) is 0 Å². The highest BCUT2D eigenvalue weighted by Crippen LogP contribution is 2.30. The number of nitrogens with one attached hydrogen (secondary N) is 1. The van der Waals surface area contributed by atoms with E-state index in [0.717, 1.165) is 4.47 Å². The van der Waals surface area contributed by atoms with Crippen LogP contribution in [-0.4, -0.2) is 25.6 Å². The second kappa shape index (κ2) is 4.75. The molecule has 2 rings (SSSR count). The number of carbonyl (C=O) groups is 2. The van der Waals surface area contributed by atoms with Crippen LogP contribution in [0.25, 0.3) is 0 Å². The lowest BCUT2D eigenvalue weighted by Gasteiger charge is -2.26. The third kappa shape index (κ3) is 2.41. The summed E-state index contributed by atoms with van der Waals surface area (Å²) in [7, 11) is 1.56. The van der Waals surface area contributed by atoms with Crippen molar-refractivity contribution < 1.29 is 14.3 Å². The smallest absolute Gasteiger partial charge is 0.328 e. The minimum absolute atomic E-state index is 0.240. The van der Waals surface area contributed by atoms with Gasteiger partial charge in [0.2, 0.25) is 5.91 Å². The van der Waals surface area contributed by atoms with Crippen LogP contribution in [0.15, 0.2) is 22.7 Å². The zero-order valence-electron chi connectivity index (χ0n) is 9.20. The van der Waals surface area contributed by atoms with E-state index in [0.29, 0.717) is 24.4 Å². The molecule has 0 bridgehead atoms. The quantitative estimate of drug-likeness (QED) is 0.907. The molecule has 90 valence electrons. The summed E-state index contributed by atoms with van der Waals surface area (Å²) in [6.07, 6.45) is 0.310. The van der Waals surface area contributed by atoms with E-state index in [-0.39, 0.29) is 5.91 Å². The summed E-state index contributed by atoms with van der Waals surface area (Å²) >= 11 is 3.34. The number of hydrogen-bond acceptors (Lipinski definition) is 3. The predicted molar refractivity (Wildman–Crippen MR) is 66.2 cm³/mol. The second-order valence-corrected chi connectivity index (χ2v) is 4.43. The molecule has 0 saturated carbocycles. The van der Waals surface area contributed by atoms with E-state index < -0.39 is 6.03 Å². The molecule has 1 aliphatic heterocycles. The van der Waals surface area contributed by atoms with Crippen molar-refractivity contribution in [2.45, 2.75) is 6.42 Å². The molecule has 1 N–H and O–H groups in total. The van der Waals surface area contributed by atoms with Crippen molar-refractivity contribution in [3.8, 4) is 5.75 Å². The minimum Gasteiger partial charge on any atom is -0.495 e. The average molecular weight is 299 g/mol. The van der Waals surface area contributed by atoms with E-state index in [1.54, 1.807) is 25.3 Å². The molecule has 0 aromatic heterocycles. The van der Waals surface area contributed by atoms with Crippen LogP contribution in [0.1, 0.15) is 6.42 Å². The highest BCUT2D eigenvalue weighted by Gasteiger charge is 2.24. The molecular weight excluding hydrogens is 288 g/mol. The van der Waals surface area contributed by atoms with Crippen LogP contribution in [0.4, 0.5) is 10.5 Å². The lowest BCUT2D eigenvalue weighted by atomic mass is 10.2. The van der Waals surface area contributed by atoms with Crippen molar-refractivity contribution in [2.75, 3.05) is 18.6 Å². The number of urea groups is 1. The largest absolute Gasteiger partial charge is 0.495 e. The van der Waals surface area contributed by atoms with E-state index in [9.17, 15) is 9.59 Å². The van der Waals surface area contributed by atoms with Gasteiger partial charge in [0.25, 0.3) is 0 Å². The molecule has 0 unspecified atom stereocenters. The van der Waals surface area contributed by atoms with Crippen LogP contribution in [0, 0.1) is 0 Å². The van der Waals surface area contributed by atoms with Crippen molar-refractivity contribution in [1.82, 2.24) is 5.32 Å². The first-order chi connectivity index (χ1) is 8.11. The molecule has 0 spiro atoms. The molecule has 6 heteroatoms. The van der Waals surface area contributed by atoms with Gasteiger partial charge in [-0.3, -0.25) is 15.0 Å². The van der Waals surface area contributed by atoms with Crippen molar-refractivity contribution in [1.29, 1.82) is 0 Å². The highest BCUT2D eigenvalue weighted by atomic mass is 79.9. The normalized spacial score (nSPS) is 15.8. The average Bonchev–Trinajstić information content (AvgIpc) is 2.30. The molecule has 3 amide bonds. The number of rotatable bonds is 2. The van der Waals surface area contributed by atoms with E-state index >= 15 is 0 Å². The minimum atomic E-state index is -0.398. The fourth-order valence-corrected chi connectivity index (χ4v) is 2.04. The van der Waals surface area contributed by atoms with Crippen LogP contribution in [0.5, 0.6) is 5.75 Å². The molecule has 17 heavy (non-hydrogen) atoms. The number of anilines is 1. The topological polar surface area (TPSA) is 58.6 Å². The standard InChI is InChI=1S/C11H11BrN2O3/c1-17-9-6-7(2-3-8(9)12)14-5-4-10(15)13-11(14)16/h2-3,6H,4-5H2,1H3,(H,13,15,16). The SMILES string of the molecule is COc1cc(N2CCC(=O)NC2=O)ccc1Br. The van der Waals surface area contributed by atoms with Gasteiger partial charge >= 0.3 is 6.03 Å². The van der Waals surface area contributed by atoms with Crippen LogP contribution < -0.4 is 15.0 Å².